The average molecular weight is 230 g/mol. The number of aliphatic hydroxyl groups is 1. The molecule has 0 aliphatic heterocycles. The second-order valence-electron chi connectivity index (χ2n) is 4.17. The summed E-state index contributed by atoms with van der Waals surface area (Å²) in [4.78, 5) is 21.8. The number of hydrogen-bond donors (Lipinski definition) is 4. The number of carboxylic acid groups (broad SMARTS) is 1. The molecule has 1 saturated carbocycles. The van der Waals surface area contributed by atoms with E-state index in [9.17, 15) is 14.7 Å². The lowest BCUT2D eigenvalue weighted by Gasteiger charge is -2.29. The molecule has 6 nitrogen and oxygen atoms in total. The van der Waals surface area contributed by atoms with Crippen LogP contribution in [0.3, 0.4) is 0 Å². The Hall–Kier alpha value is -1.14. The van der Waals surface area contributed by atoms with Gasteiger partial charge in [0.05, 0.1) is 24.6 Å². The van der Waals surface area contributed by atoms with E-state index in [0.29, 0.717) is 12.8 Å². The molecule has 0 aromatic carbocycles. The van der Waals surface area contributed by atoms with Gasteiger partial charge >= 0.3 is 5.97 Å². The van der Waals surface area contributed by atoms with Crippen molar-refractivity contribution in [2.75, 3.05) is 0 Å². The summed E-state index contributed by atoms with van der Waals surface area (Å²) in [5.41, 5.74) is 5.41. The maximum absolute atomic E-state index is 11.5. The van der Waals surface area contributed by atoms with Gasteiger partial charge < -0.3 is 21.3 Å². The summed E-state index contributed by atoms with van der Waals surface area (Å²) in [5.74, 6) is -1.61. The zero-order valence-electron chi connectivity index (χ0n) is 9.06. The molecule has 0 spiro atoms. The second-order valence-corrected chi connectivity index (χ2v) is 4.17. The first kappa shape index (κ1) is 12.9. The Balaban J connectivity index is 2.40. The van der Waals surface area contributed by atoms with E-state index >= 15 is 0 Å². The van der Waals surface area contributed by atoms with E-state index in [0.717, 1.165) is 12.8 Å². The van der Waals surface area contributed by atoms with E-state index < -0.39 is 30.4 Å². The first-order valence-electron chi connectivity index (χ1n) is 5.46. The van der Waals surface area contributed by atoms with Crippen molar-refractivity contribution in [2.24, 2.45) is 5.73 Å². The summed E-state index contributed by atoms with van der Waals surface area (Å²) < 4.78 is 0. The van der Waals surface area contributed by atoms with Gasteiger partial charge in [0.15, 0.2) is 0 Å². The van der Waals surface area contributed by atoms with E-state index in [1.165, 1.54) is 0 Å². The van der Waals surface area contributed by atoms with Crippen LogP contribution >= 0.6 is 0 Å². The number of rotatable bonds is 4. The number of aliphatic hydroxyl groups excluding tert-OH is 1. The lowest BCUT2D eigenvalue weighted by Crippen LogP contribution is -2.51. The minimum atomic E-state index is -1.10. The fraction of sp³-hybridized carbons (Fsp3) is 0.800. The predicted molar refractivity (Wildman–Crippen MR) is 56.6 cm³/mol. The maximum Gasteiger partial charge on any atom is 0.305 e. The van der Waals surface area contributed by atoms with E-state index in [2.05, 4.69) is 5.32 Å². The van der Waals surface area contributed by atoms with Crippen molar-refractivity contribution in [3.8, 4) is 0 Å². The van der Waals surface area contributed by atoms with E-state index in [1.807, 2.05) is 0 Å². The summed E-state index contributed by atoms with van der Waals surface area (Å²) in [7, 11) is 0. The molecule has 5 N–H and O–H groups in total. The van der Waals surface area contributed by atoms with E-state index in [-0.39, 0.29) is 6.04 Å². The number of aliphatic carboxylic acids is 1. The molecule has 1 fully saturated rings. The summed E-state index contributed by atoms with van der Waals surface area (Å²) >= 11 is 0. The highest BCUT2D eigenvalue weighted by Gasteiger charge is 2.26. The standard InChI is InChI=1S/C10H18N2O4/c11-6(5-9(14)15)10(16)12-7-3-1-2-4-8(7)13/h6-8,13H,1-5,11H2,(H,12,16)(H,14,15)/t6?,7-,8-/m1/s1. The van der Waals surface area contributed by atoms with Crippen LogP contribution in [0.1, 0.15) is 32.1 Å². The van der Waals surface area contributed by atoms with Crippen LogP contribution < -0.4 is 11.1 Å². The van der Waals surface area contributed by atoms with Gasteiger partial charge in [-0.2, -0.15) is 0 Å². The molecule has 1 aliphatic rings. The van der Waals surface area contributed by atoms with E-state index in [1.54, 1.807) is 0 Å². The molecular weight excluding hydrogens is 212 g/mol. The molecule has 1 unspecified atom stereocenters. The van der Waals surface area contributed by atoms with Crippen molar-refractivity contribution in [3.63, 3.8) is 0 Å². The van der Waals surface area contributed by atoms with Crippen LogP contribution in [0, 0.1) is 0 Å². The van der Waals surface area contributed by atoms with Crippen molar-refractivity contribution in [2.45, 2.75) is 50.3 Å². The van der Waals surface area contributed by atoms with Crippen molar-refractivity contribution < 1.29 is 19.8 Å². The Kier molecular flexibility index (Phi) is 4.70. The predicted octanol–water partition coefficient (Wildman–Crippen LogP) is -0.792. The molecule has 0 saturated heterocycles. The van der Waals surface area contributed by atoms with Crippen LogP contribution in [-0.2, 0) is 9.59 Å². The Bertz CT molecular complexity index is 270. The SMILES string of the molecule is NC(CC(=O)O)C(=O)N[C@@H]1CCCC[C@H]1O. The van der Waals surface area contributed by atoms with Crippen molar-refractivity contribution in [3.05, 3.63) is 0 Å². The molecule has 1 aliphatic carbocycles. The summed E-state index contributed by atoms with van der Waals surface area (Å²) in [6.07, 6.45) is 2.35. The van der Waals surface area contributed by atoms with Crippen molar-refractivity contribution >= 4 is 11.9 Å². The number of carbonyl (C=O) groups excluding carboxylic acids is 1. The zero-order valence-corrected chi connectivity index (χ0v) is 9.06. The molecule has 6 heteroatoms. The van der Waals surface area contributed by atoms with Gasteiger partial charge in [0.1, 0.15) is 0 Å². The number of amides is 1. The lowest BCUT2D eigenvalue weighted by atomic mass is 9.92. The van der Waals surface area contributed by atoms with Crippen molar-refractivity contribution in [1.29, 1.82) is 0 Å². The maximum atomic E-state index is 11.5. The van der Waals surface area contributed by atoms with Gasteiger partial charge in [-0.25, -0.2) is 0 Å². The minimum absolute atomic E-state index is 0.291. The zero-order chi connectivity index (χ0) is 12.1. The molecule has 1 amide bonds. The molecule has 0 heterocycles. The monoisotopic (exact) mass is 230 g/mol. The third-order valence-electron chi connectivity index (χ3n) is 2.79. The van der Waals surface area contributed by atoms with E-state index in [4.69, 9.17) is 10.8 Å². The molecule has 0 radical (unpaired) electrons. The highest BCUT2D eigenvalue weighted by Crippen LogP contribution is 2.18. The molecule has 0 aromatic heterocycles. The van der Waals surface area contributed by atoms with Crippen LogP contribution in [0.15, 0.2) is 0 Å². The summed E-state index contributed by atoms with van der Waals surface area (Å²) in [6.45, 7) is 0. The Morgan fingerprint density at radius 2 is 2.00 bits per heavy atom. The Morgan fingerprint density at radius 1 is 1.38 bits per heavy atom. The fourth-order valence-corrected chi connectivity index (χ4v) is 1.85. The highest BCUT2D eigenvalue weighted by molar-refractivity contribution is 5.86. The van der Waals surface area contributed by atoms with Crippen LogP contribution in [0.25, 0.3) is 0 Å². The number of nitrogens with one attached hydrogen (secondary N) is 1. The van der Waals surface area contributed by atoms with Crippen LogP contribution in [-0.4, -0.2) is 40.3 Å². The van der Waals surface area contributed by atoms with Gasteiger partial charge in [0, 0.05) is 0 Å². The van der Waals surface area contributed by atoms with Gasteiger partial charge in [0.25, 0.3) is 0 Å². The molecule has 0 bridgehead atoms. The summed E-state index contributed by atoms with van der Waals surface area (Å²) in [6, 6.07) is -1.34. The first-order valence-corrected chi connectivity index (χ1v) is 5.46. The highest BCUT2D eigenvalue weighted by atomic mass is 16.4. The lowest BCUT2D eigenvalue weighted by molar-refractivity contribution is -0.139. The molecule has 92 valence electrons. The fourth-order valence-electron chi connectivity index (χ4n) is 1.85. The van der Waals surface area contributed by atoms with Crippen LogP contribution in [0.5, 0.6) is 0 Å². The van der Waals surface area contributed by atoms with Gasteiger partial charge in [-0.05, 0) is 12.8 Å². The smallest absolute Gasteiger partial charge is 0.305 e. The van der Waals surface area contributed by atoms with Gasteiger partial charge in [-0.15, -0.1) is 0 Å². The quantitative estimate of drug-likeness (QED) is 0.505. The Labute approximate surface area is 93.8 Å². The van der Waals surface area contributed by atoms with Gasteiger partial charge in [-0.1, -0.05) is 12.8 Å². The molecule has 3 atom stereocenters. The third-order valence-corrected chi connectivity index (χ3v) is 2.79. The Morgan fingerprint density at radius 3 is 2.56 bits per heavy atom. The van der Waals surface area contributed by atoms with Crippen molar-refractivity contribution in [1.82, 2.24) is 5.32 Å². The van der Waals surface area contributed by atoms with Crippen LogP contribution in [0.4, 0.5) is 0 Å². The number of nitrogens with two attached hydrogens (primary N) is 1. The molecule has 16 heavy (non-hydrogen) atoms. The van der Waals surface area contributed by atoms with Crippen LogP contribution in [0.2, 0.25) is 0 Å². The minimum Gasteiger partial charge on any atom is -0.481 e. The normalized spacial score (nSPS) is 27.1. The number of carbonyl (C=O) groups is 2. The second kappa shape index (κ2) is 5.81. The molecular formula is C10H18N2O4. The van der Waals surface area contributed by atoms with Gasteiger partial charge in [-0.3, -0.25) is 9.59 Å². The number of hydrogen-bond acceptors (Lipinski definition) is 4. The third kappa shape index (κ3) is 3.79. The topological polar surface area (TPSA) is 113 Å². The molecule has 1 rings (SSSR count). The first-order chi connectivity index (χ1) is 7.50. The number of carboxylic acids is 1. The molecule has 0 aromatic rings. The largest absolute Gasteiger partial charge is 0.481 e. The van der Waals surface area contributed by atoms with Gasteiger partial charge in [0.2, 0.25) is 5.91 Å². The average Bonchev–Trinajstić information content (AvgIpc) is 2.20. The summed E-state index contributed by atoms with van der Waals surface area (Å²) in [5, 5.41) is 20.7.